The van der Waals surface area contributed by atoms with Crippen molar-refractivity contribution in [1.29, 1.82) is 0 Å². The summed E-state index contributed by atoms with van der Waals surface area (Å²) in [5.74, 6) is 0.866. The molecule has 1 fully saturated rings. The molecule has 1 aliphatic rings. The van der Waals surface area contributed by atoms with Crippen molar-refractivity contribution in [3.8, 4) is 0 Å². The van der Waals surface area contributed by atoms with Crippen LogP contribution in [0.1, 0.15) is 60.3 Å². The van der Waals surface area contributed by atoms with Crippen LogP contribution >= 0.6 is 0 Å². The molecule has 0 saturated heterocycles. The van der Waals surface area contributed by atoms with Gasteiger partial charge in [0.15, 0.2) is 0 Å². The Hall–Kier alpha value is -0.850. The van der Waals surface area contributed by atoms with Crippen LogP contribution in [-0.2, 0) is 0 Å². The van der Waals surface area contributed by atoms with Gasteiger partial charge in [0.05, 0.1) is 0 Å². The van der Waals surface area contributed by atoms with Crippen molar-refractivity contribution >= 4 is 5.71 Å². The van der Waals surface area contributed by atoms with E-state index < -0.39 is 0 Å². The summed E-state index contributed by atoms with van der Waals surface area (Å²) in [6, 6.07) is 0. The molecule has 0 aliphatic heterocycles. The van der Waals surface area contributed by atoms with E-state index in [1.807, 2.05) is 20.8 Å². The number of allylic oxidation sites excluding steroid dienone is 3. The van der Waals surface area contributed by atoms with E-state index in [4.69, 9.17) is 0 Å². The third-order valence-electron chi connectivity index (χ3n) is 2.92. The molecule has 0 spiro atoms. The summed E-state index contributed by atoms with van der Waals surface area (Å²) in [6.45, 7) is 14.2. The van der Waals surface area contributed by atoms with Gasteiger partial charge >= 0.3 is 0 Å². The highest BCUT2D eigenvalue weighted by Crippen LogP contribution is 2.29. The lowest BCUT2D eigenvalue weighted by atomic mass is 9.82. The molecule has 0 amide bonds. The van der Waals surface area contributed by atoms with Crippen molar-refractivity contribution in [3.63, 3.8) is 0 Å². The molecule has 0 aromatic carbocycles. The van der Waals surface area contributed by atoms with Crippen molar-refractivity contribution in [2.45, 2.75) is 60.3 Å². The third-order valence-corrected chi connectivity index (χ3v) is 2.92. The summed E-state index contributed by atoms with van der Waals surface area (Å²) < 4.78 is 0. The van der Waals surface area contributed by atoms with Gasteiger partial charge in [-0.2, -0.15) is 0 Å². The molecule has 1 saturated carbocycles. The molecule has 0 aromatic rings. The fourth-order valence-corrected chi connectivity index (χ4v) is 2.02. The molecule has 1 unspecified atom stereocenters. The minimum absolute atomic E-state index is 0.866. The van der Waals surface area contributed by atoms with Crippen LogP contribution in [0, 0.1) is 5.92 Å². The van der Waals surface area contributed by atoms with E-state index >= 15 is 0 Å². The highest BCUT2D eigenvalue weighted by atomic mass is 14.7. The van der Waals surface area contributed by atoms with Gasteiger partial charge in [0, 0.05) is 11.4 Å². The number of nitrogens with zero attached hydrogens (tertiary/aromatic N) is 1. The first-order chi connectivity index (χ1) is 7.67. The van der Waals surface area contributed by atoms with Crippen LogP contribution in [0.15, 0.2) is 28.9 Å². The molecule has 1 rings (SSSR count). The van der Waals surface area contributed by atoms with Crippen LogP contribution in [0.25, 0.3) is 0 Å². The zero-order chi connectivity index (χ0) is 12.6. The van der Waals surface area contributed by atoms with Gasteiger partial charge in [-0.05, 0) is 44.6 Å². The minimum atomic E-state index is 0.866. The maximum Gasteiger partial charge on any atom is 0.0435 e. The zero-order valence-corrected chi connectivity index (χ0v) is 11.6. The SMILES string of the molecule is C=C(C)N=C1CCC(CC)C/C1=C/C.CC. The van der Waals surface area contributed by atoms with Crippen molar-refractivity contribution < 1.29 is 0 Å². The van der Waals surface area contributed by atoms with Crippen LogP contribution in [0.3, 0.4) is 0 Å². The van der Waals surface area contributed by atoms with Gasteiger partial charge in [0.1, 0.15) is 0 Å². The lowest BCUT2D eigenvalue weighted by molar-refractivity contribution is 0.464. The normalized spacial score (nSPS) is 25.2. The molecule has 1 aliphatic carbocycles. The first-order valence-corrected chi connectivity index (χ1v) is 6.56. The predicted octanol–water partition coefficient (Wildman–Crippen LogP) is 5.14. The van der Waals surface area contributed by atoms with Gasteiger partial charge in [-0.25, -0.2) is 0 Å². The van der Waals surface area contributed by atoms with Gasteiger partial charge in [0.2, 0.25) is 0 Å². The lowest BCUT2D eigenvalue weighted by Crippen LogP contribution is -2.16. The summed E-state index contributed by atoms with van der Waals surface area (Å²) in [5, 5.41) is 0. The van der Waals surface area contributed by atoms with Crippen LogP contribution in [0.4, 0.5) is 0 Å². The van der Waals surface area contributed by atoms with Gasteiger partial charge in [0.25, 0.3) is 0 Å². The Bertz CT molecular complexity index is 271. The Labute approximate surface area is 101 Å². The van der Waals surface area contributed by atoms with Gasteiger partial charge < -0.3 is 0 Å². The van der Waals surface area contributed by atoms with Gasteiger partial charge in [-0.3, -0.25) is 4.99 Å². The number of hydrogen-bond donors (Lipinski definition) is 0. The largest absolute Gasteiger partial charge is 0.259 e. The van der Waals surface area contributed by atoms with E-state index in [1.54, 1.807) is 0 Å². The van der Waals surface area contributed by atoms with Crippen LogP contribution in [0.2, 0.25) is 0 Å². The summed E-state index contributed by atoms with van der Waals surface area (Å²) in [4.78, 5) is 4.51. The van der Waals surface area contributed by atoms with E-state index in [1.165, 1.54) is 30.5 Å². The number of hydrogen-bond acceptors (Lipinski definition) is 1. The molecular formula is C15H27N. The Morgan fingerprint density at radius 3 is 2.56 bits per heavy atom. The summed E-state index contributed by atoms with van der Waals surface area (Å²) in [7, 11) is 0. The quantitative estimate of drug-likeness (QED) is 0.612. The highest BCUT2D eigenvalue weighted by Gasteiger charge is 2.19. The summed E-state index contributed by atoms with van der Waals surface area (Å²) in [6.07, 6.45) is 7.13. The standard InChI is InChI=1S/C13H21N.C2H6/c1-5-11-7-8-13(14-10(3)4)12(6-2)9-11;1-2/h6,11H,3,5,7-9H2,1-2,4H3;1-2H3/b12-6-,14-13?;. The number of aliphatic imine (C=N–C) groups is 1. The van der Waals surface area contributed by atoms with Gasteiger partial charge in [-0.1, -0.05) is 39.8 Å². The van der Waals surface area contributed by atoms with E-state index in [0.29, 0.717) is 0 Å². The average Bonchev–Trinajstić information content (AvgIpc) is 2.31. The molecule has 1 nitrogen and oxygen atoms in total. The maximum atomic E-state index is 4.51. The average molecular weight is 221 g/mol. The third kappa shape index (κ3) is 4.78. The minimum Gasteiger partial charge on any atom is -0.259 e. The number of rotatable bonds is 2. The second kappa shape index (κ2) is 8.32. The Balaban J connectivity index is 0.00000106. The molecule has 1 heteroatoms. The molecule has 92 valence electrons. The first kappa shape index (κ1) is 15.2. The second-order valence-corrected chi connectivity index (χ2v) is 4.12. The molecule has 0 heterocycles. The summed E-state index contributed by atoms with van der Waals surface area (Å²) >= 11 is 0. The van der Waals surface area contributed by atoms with E-state index in [2.05, 4.69) is 31.5 Å². The first-order valence-electron chi connectivity index (χ1n) is 6.56. The van der Waals surface area contributed by atoms with E-state index in [0.717, 1.165) is 18.0 Å². The highest BCUT2D eigenvalue weighted by molar-refractivity contribution is 6.01. The van der Waals surface area contributed by atoms with Crippen LogP contribution < -0.4 is 0 Å². The van der Waals surface area contributed by atoms with Crippen molar-refractivity contribution in [1.82, 2.24) is 0 Å². The fourth-order valence-electron chi connectivity index (χ4n) is 2.02. The molecule has 1 atom stereocenters. The Kier molecular flexibility index (Phi) is 7.88. The van der Waals surface area contributed by atoms with E-state index in [9.17, 15) is 0 Å². The van der Waals surface area contributed by atoms with E-state index in [-0.39, 0.29) is 0 Å². The molecule has 0 radical (unpaired) electrons. The smallest absolute Gasteiger partial charge is 0.0435 e. The molecule has 0 bridgehead atoms. The van der Waals surface area contributed by atoms with Crippen LogP contribution in [0.5, 0.6) is 0 Å². The topological polar surface area (TPSA) is 12.4 Å². The second-order valence-electron chi connectivity index (χ2n) is 4.12. The molecule has 16 heavy (non-hydrogen) atoms. The van der Waals surface area contributed by atoms with Crippen molar-refractivity contribution in [3.05, 3.63) is 23.9 Å². The van der Waals surface area contributed by atoms with Gasteiger partial charge in [-0.15, -0.1) is 0 Å². The van der Waals surface area contributed by atoms with Crippen LogP contribution in [-0.4, -0.2) is 5.71 Å². The predicted molar refractivity (Wildman–Crippen MR) is 75.0 cm³/mol. The summed E-state index contributed by atoms with van der Waals surface area (Å²) in [5.41, 5.74) is 3.63. The Morgan fingerprint density at radius 1 is 1.50 bits per heavy atom. The lowest BCUT2D eigenvalue weighted by Gasteiger charge is -2.24. The maximum absolute atomic E-state index is 4.51. The van der Waals surface area contributed by atoms with Crippen molar-refractivity contribution in [2.24, 2.45) is 10.9 Å². The molecular weight excluding hydrogens is 194 g/mol. The fraction of sp³-hybridized carbons (Fsp3) is 0.667. The monoisotopic (exact) mass is 221 g/mol. The molecule has 0 aromatic heterocycles. The zero-order valence-electron chi connectivity index (χ0n) is 11.6. The Morgan fingerprint density at radius 2 is 2.12 bits per heavy atom. The van der Waals surface area contributed by atoms with Crippen molar-refractivity contribution in [2.75, 3.05) is 0 Å². The molecule has 0 N–H and O–H groups in total.